The van der Waals surface area contributed by atoms with Gasteiger partial charge in [-0.25, -0.2) is 0 Å². The third-order valence-electron chi connectivity index (χ3n) is 4.91. The second-order valence-electron chi connectivity index (χ2n) is 6.62. The average Bonchev–Trinajstić information content (AvgIpc) is 2.64. The molecule has 0 radical (unpaired) electrons. The Bertz CT molecular complexity index is 552. The summed E-state index contributed by atoms with van der Waals surface area (Å²) in [6, 6.07) is 8.07. The highest BCUT2D eigenvalue weighted by Gasteiger charge is 2.29. The molecular formula is C19H31N3O3. The molecule has 1 aliphatic rings. The smallest absolute Gasteiger partial charge is 0.237 e. The van der Waals surface area contributed by atoms with Crippen molar-refractivity contribution in [3.63, 3.8) is 0 Å². The van der Waals surface area contributed by atoms with E-state index in [9.17, 15) is 4.79 Å². The fourth-order valence-corrected chi connectivity index (χ4v) is 3.20. The molecule has 6 nitrogen and oxygen atoms in total. The van der Waals surface area contributed by atoms with Gasteiger partial charge in [-0.1, -0.05) is 12.1 Å². The van der Waals surface area contributed by atoms with Crippen molar-refractivity contribution in [1.29, 1.82) is 0 Å². The van der Waals surface area contributed by atoms with Crippen LogP contribution >= 0.6 is 0 Å². The van der Waals surface area contributed by atoms with E-state index in [2.05, 4.69) is 22.0 Å². The summed E-state index contributed by atoms with van der Waals surface area (Å²) < 4.78 is 10.4. The molecule has 0 spiro atoms. The van der Waals surface area contributed by atoms with Crippen LogP contribution in [0, 0.1) is 0 Å². The molecule has 1 aliphatic heterocycles. The standard InChI is InChI=1S/C19H31N3O3/c1-15-14-22(9-8-21(15)10-11-24-3)16(2)19(23)20-13-17-6-5-7-18(12-17)25-4/h5-7,12,15-16H,8-11,13-14H2,1-4H3,(H,20,23)/t15-,16+/m1/s1. The van der Waals surface area contributed by atoms with Crippen molar-refractivity contribution in [2.75, 3.05) is 47.0 Å². The van der Waals surface area contributed by atoms with E-state index in [0.717, 1.165) is 44.1 Å². The number of nitrogens with zero attached hydrogens (tertiary/aromatic N) is 2. The Kier molecular flexibility index (Phi) is 7.68. The second kappa shape index (κ2) is 9.75. The first-order valence-electron chi connectivity index (χ1n) is 8.92. The molecule has 1 aromatic carbocycles. The van der Waals surface area contributed by atoms with Crippen molar-refractivity contribution in [3.05, 3.63) is 29.8 Å². The number of carbonyl (C=O) groups is 1. The highest BCUT2D eigenvalue weighted by atomic mass is 16.5. The van der Waals surface area contributed by atoms with Crippen LogP contribution in [0.4, 0.5) is 0 Å². The second-order valence-corrected chi connectivity index (χ2v) is 6.62. The first kappa shape index (κ1) is 19.7. The van der Waals surface area contributed by atoms with Crippen LogP contribution in [0.15, 0.2) is 24.3 Å². The Balaban J connectivity index is 1.81. The van der Waals surface area contributed by atoms with Crippen molar-refractivity contribution in [2.24, 2.45) is 0 Å². The summed E-state index contributed by atoms with van der Waals surface area (Å²) in [5, 5.41) is 3.04. The van der Waals surface area contributed by atoms with E-state index in [-0.39, 0.29) is 11.9 Å². The fraction of sp³-hybridized carbons (Fsp3) is 0.632. The molecule has 140 valence electrons. The molecule has 1 fully saturated rings. The van der Waals surface area contributed by atoms with Gasteiger partial charge in [-0.05, 0) is 31.5 Å². The van der Waals surface area contributed by atoms with E-state index < -0.39 is 0 Å². The first-order valence-corrected chi connectivity index (χ1v) is 8.92. The molecule has 0 aromatic heterocycles. The van der Waals surface area contributed by atoms with Crippen LogP contribution in [-0.2, 0) is 16.1 Å². The molecule has 0 unspecified atom stereocenters. The summed E-state index contributed by atoms with van der Waals surface area (Å²) >= 11 is 0. The van der Waals surface area contributed by atoms with Crippen molar-refractivity contribution in [3.8, 4) is 5.75 Å². The van der Waals surface area contributed by atoms with E-state index >= 15 is 0 Å². The quantitative estimate of drug-likeness (QED) is 0.768. The summed E-state index contributed by atoms with van der Waals surface area (Å²) in [6.45, 7) is 9.19. The number of piperazine rings is 1. The van der Waals surface area contributed by atoms with Gasteiger partial charge in [-0.3, -0.25) is 14.6 Å². The van der Waals surface area contributed by atoms with Crippen LogP contribution in [0.2, 0.25) is 0 Å². The van der Waals surface area contributed by atoms with Crippen LogP contribution in [-0.4, -0.2) is 74.8 Å². The highest BCUT2D eigenvalue weighted by Crippen LogP contribution is 2.14. The Labute approximate surface area is 151 Å². The lowest BCUT2D eigenvalue weighted by Crippen LogP contribution is -2.57. The lowest BCUT2D eigenvalue weighted by Gasteiger charge is -2.41. The van der Waals surface area contributed by atoms with E-state index in [1.165, 1.54) is 0 Å². The van der Waals surface area contributed by atoms with Crippen LogP contribution in [0.5, 0.6) is 5.75 Å². The van der Waals surface area contributed by atoms with Gasteiger partial charge in [0, 0.05) is 45.9 Å². The number of amides is 1. The molecule has 0 aliphatic carbocycles. The van der Waals surface area contributed by atoms with Crippen molar-refractivity contribution in [2.45, 2.75) is 32.5 Å². The molecule has 1 aromatic rings. The maximum Gasteiger partial charge on any atom is 0.237 e. The van der Waals surface area contributed by atoms with Gasteiger partial charge in [0.2, 0.25) is 5.91 Å². The topological polar surface area (TPSA) is 54.0 Å². The first-order chi connectivity index (χ1) is 12.0. The molecular weight excluding hydrogens is 318 g/mol. The normalized spacial score (nSPS) is 20.2. The summed E-state index contributed by atoms with van der Waals surface area (Å²) in [6.07, 6.45) is 0. The largest absolute Gasteiger partial charge is 0.497 e. The van der Waals surface area contributed by atoms with Crippen LogP contribution in [0.25, 0.3) is 0 Å². The average molecular weight is 349 g/mol. The van der Waals surface area contributed by atoms with Crippen molar-refractivity contribution >= 4 is 5.91 Å². The number of benzene rings is 1. The highest BCUT2D eigenvalue weighted by molar-refractivity contribution is 5.81. The summed E-state index contributed by atoms with van der Waals surface area (Å²) in [5.41, 5.74) is 1.04. The molecule has 2 atom stereocenters. The molecule has 1 N–H and O–H groups in total. The minimum atomic E-state index is -0.127. The molecule has 2 rings (SSSR count). The summed E-state index contributed by atoms with van der Waals surface area (Å²) in [4.78, 5) is 17.2. The lowest BCUT2D eigenvalue weighted by molar-refractivity contribution is -0.127. The molecule has 6 heteroatoms. The van der Waals surface area contributed by atoms with Gasteiger partial charge in [-0.15, -0.1) is 0 Å². The van der Waals surface area contributed by atoms with Gasteiger partial charge in [0.25, 0.3) is 0 Å². The van der Waals surface area contributed by atoms with Gasteiger partial charge in [0.05, 0.1) is 19.8 Å². The number of carbonyl (C=O) groups excluding carboxylic acids is 1. The fourth-order valence-electron chi connectivity index (χ4n) is 3.20. The Hall–Kier alpha value is -1.63. The predicted octanol–water partition coefficient (Wildman–Crippen LogP) is 1.35. The minimum Gasteiger partial charge on any atom is -0.497 e. The molecule has 25 heavy (non-hydrogen) atoms. The van der Waals surface area contributed by atoms with E-state index in [1.54, 1.807) is 14.2 Å². The number of ether oxygens (including phenoxy) is 2. The third-order valence-corrected chi connectivity index (χ3v) is 4.91. The maximum absolute atomic E-state index is 12.5. The van der Waals surface area contributed by atoms with Gasteiger partial charge in [0.1, 0.15) is 5.75 Å². The molecule has 1 saturated heterocycles. The van der Waals surface area contributed by atoms with Crippen molar-refractivity contribution < 1.29 is 14.3 Å². The van der Waals surface area contributed by atoms with Gasteiger partial charge < -0.3 is 14.8 Å². The predicted molar refractivity (Wildman–Crippen MR) is 98.8 cm³/mol. The number of hydrogen-bond donors (Lipinski definition) is 1. The Morgan fingerprint density at radius 2 is 2.16 bits per heavy atom. The Morgan fingerprint density at radius 1 is 1.36 bits per heavy atom. The number of methoxy groups -OCH3 is 2. The van der Waals surface area contributed by atoms with Gasteiger partial charge >= 0.3 is 0 Å². The van der Waals surface area contributed by atoms with Crippen LogP contribution < -0.4 is 10.1 Å². The van der Waals surface area contributed by atoms with E-state index in [4.69, 9.17) is 9.47 Å². The molecule has 0 bridgehead atoms. The van der Waals surface area contributed by atoms with E-state index in [0.29, 0.717) is 12.6 Å². The number of nitrogens with one attached hydrogen (secondary N) is 1. The van der Waals surface area contributed by atoms with Gasteiger partial charge in [0.15, 0.2) is 0 Å². The molecule has 1 amide bonds. The van der Waals surface area contributed by atoms with Crippen molar-refractivity contribution in [1.82, 2.24) is 15.1 Å². The number of hydrogen-bond acceptors (Lipinski definition) is 5. The van der Waals surface area contributed by atoms with Crippen LogP contribution in [0.3, 0.4) is 0 Å². The molecule has 0 saturated carbocycles. The third kappa shape index (κ3) is 5.70. The maximum atomic E-state index is 12.5. The molecule has 1 heterocycles. The van der Waals surface area contributed by atoms with Gasteiger partial charge in [-0.2, -0.15) is 0 Å². The zero-order chi connectivity index (χ0) is 18.2. The lowest BCUT2D eigenvalue weighted by atomic mass is 10.1. The van der Waals surface area contributed by atoms with Crippen LogP contribution in [0.1, 0.15) is 19.4 Å². The zero-order valence-corrected chi connectivity index (χ0v) is 15.8. The van der Waals surface area contributed by atoms with E-state index in [1.807, 2.05) is 31.2 Å². The zero-order valence-electron chi connectivity index (χ0n) is 15.8. The monoisotopic (exact) mass is 349 g/mol. The SMILES string of the molecule is COCCN1CCN([C@@H](C)C(=O)NCc2cccc(OC)c2)C[C@H]1C. The summed E-state index contributed by atoms with van der Waals surface area (Å²) in [7, 11) is 3.38. The minimum absolute atomic E-state index is 0.0698. The number of rotatable bonds is 8. The Morgan fingerprint density at radius 3 is 2.84 bits per heavy atom. The summed E-state index contributed by atoms with van der Waals surface area (Å²) in [5.74, 6) is 0.876.